The van der Waals surface area contributed by atoms with Gasteiger partial charge in [-0.1, -0.05) is 34.3 Å². The zero-order valence-electron chi connectivity index (χ0n) is 13.6. The van der Waals surface area contributed by atoms with Gasteiger partial charge in [0.1, 0.15) is 5.82 Å². The Morgan fingerprint density at radius 3 is 3.04 bits per heavy atom. The van der Waals surface area contributed by atoms with Crippen molar-refractivity contribution >= 4 is 29.0 Å². The van der Waals surface area contributed by atoms with Crippen LogP contribution in [0.3, 0.4) is 0 Å². The van der Waals surface area contributed by atoms with Crippen LogP contribution in [0.15, 0.2) is 41.4 Å². The van der Waals surface area contributed by atoms with Crippen molar-refractivity contribution in [2.45, 2.75) is 25.2 Å². The number of aromatic nitrogens is 5. The molecule has 2 heterocycles. The summed E-state index contributed by atoms with van der Waals surface area (Å²) in [5, 5.41) is 16.3. The Kier molecular flexibility index (Phi) is 4.77. The maximum absolute atomic E-state index is 12.0. The molecule has 7 nitrogen and oxygen atoms in total. The highest BCUT2D eigenvalue weighted by Crippen LogP contribution is 2.30. The Morgan fingerprint density at radius 1 is 1.38 bits per heavy atom. The first-order valence-electron chi connectivity index (χ1n) is 8.15. The van der Waals surface area contributed by atoms with Crippen LogP contribution >= 0.6 is 23.1 Å². The first-order chi connectivity index (χ1) is 12.7. The number of nitrogens with one attached hydrogen (secondary N) is 2. The third-order valence-corrected chi connectivity index (χ3v) is 4.99. The van der Waals surface area contributed by atoms with E-state index in [0.717, 1.165) is 47.9 Å². The highest BCUT2D eigenvalue weighted by Gasteiger charge is 2.21. The lowest BCUT2D eigenvalue weighted by molar-refractivity contribution is 0.0958. The SMILES string of the molecule is O=C(NC1=CCC(c2nc(-c3cccc(Cl)c3)n[nH]2)CC1)c1csnn1. The number of amides is 1. The third kappa shape index (κ3) is 3.66. The van der Waals surface area contributed by atoms with Crippen LogP contribution in [-0.2, 0) is 0 Å². The molecule has 0 radical (unpaired) electrons. The molecule has 2 aromatic heterocycles. The van der Waals surface area contributed by atoms with Gasteiger partial charge in [-0.3, -0.25) is 9.89 Å². The van der Waals surface area contributed by atoms with E-state index in [4.69, 9.17) is 11.6 Å². The Hall–Kier alpha value is -2.58. The second kappa shape index (κ2) is 7.35. The maximum atomic E-state index is 12.0. The Bertz CT molecular complexity index is 952. The van der Waals surface area contributed by atoms with E-state index in [9.17, 15) is 4.79 Å². The number of H-pyrrole nitrogens is 1. The van der Waals surface area contributed by atoms with Gasteiger partial charge < -0.3 is 5.32 Å². The van der Waals surface area contributed by atoms with Crippen molar-refractivity contribution < 1.29 is 4.79 Å². The van der Waals surface area contributed by atoms with Crippen molar-refractivity contribution in [1.29, 1.82) is 0 Å². The first-order valence-corrected chi connectivity index (χ1v) is 9.36. The molecule has 0 aliphatic heterocycles. The van der Waals surface area contributed by atoms with E-state index < -0.39 is 0 Å². The van der Waals surface area contributed by atoms with E-state index in [1.807, 2.05) is 30.3 Å². The van der Waals surface area contributed by atoms with E-state index in [1.165, 1.54) is 0 Å². The molecule has 0 spiro atoms. The zero-order valence-corrected chi connectivity index (χ0v) is 15.2. The van der Waals surface area contributed by atoms with Gasteiger partial charge in [0.05, 0.1) is 0 Å². The van der Waals surface area contributed by atoms with Crippen LogP contribution in [0, 0.1) is 0 Å². The summed E-state index contributed by atoms with van der Waals surface area (Å²) in [6, 6.07) is 7.47. The number of hydrogen-bond donors (Lipinski definition) is 2. The minimum atomic E-state index is -0.216. The summed E-state index contributed by atoms with van der Waals surface area (Å²) in [7, 11) is 0. The van der Waals surface area contributed by atoms with E-state index in [1.54, 1.807) is 5.38 Å². The molecule has 1 aromatic carbocycles. The number of nitrogens with zero attached hydrogens (tertiary/aromatic N) is 4. The molecule has 1 aliphatic rings. The number of aromatic amines is 1. The molecule has 26 heavy (non-hydrogen) atoms. The molecule has 1 unspecified atom stereocenters. The predicted octanol–water partition coefficient (Wildman–Crippen LogP) is 3.56. The summed E-state index contributed by atoms with van der Waals surface area (Å²) in [6.07, 6.45) is 4.47. The smallest absolute Gasteiger partial charge is 0.276 e. The van der Waals surface area contributed by atoms with Crippen LogP contribution in [-0.4, -0.2) is 30.7 Å². The first kappa shape index (κ1) is 16.9. The van der Waals surface area contributed by atoms with Gasteiger partial charge >= 0.3 is 0 Å². The van der Waals surface area contributed by atoms with Crippen molar-refractivity contribution in [2.24, 2.45) is 0 Å². The molecule has 1 aliphatic carbocycles. The quantitative estimate of drug-likeness (QED) is 0.714. The monoisotopic (exact) mass is 386 g/mol. The molecular formula is C17H15ClN6OS. The fourth-order valence-electron chi connectivity index (χ4n) is 2.88. The summed E-state index contributed by atoms with van der Waals surface area (Å²) < 4.78 is 3.70. The summed E-state index contributed by atoms with van der Waals surface area (Å²) >= 11 is 7.19. The summed E-state index contributed by atoms with van der Waals surface area (Å²) in [5.74, 6) is 1.52. The van der Waals surface area contributed by atoms with Crippen LogP contribution in [0.1, 0.15) is 41.5 Å². The van der Waals surface area contributed by atoms with Gasteiger partial charge in [0.2, 0.25) is 0 Å². The lowest BCUT2D eigenvalue weighted by Gasteiger charge is -2.20. The van der Waals surface area contributed by atoms with Crippen LogP contribution in [0.4, 0.5) is 0 Å². The van der Waals surface area contributed by atoms with E-state index in [-0.39, 0.29) is 11.8 Å². The lowest BCUT2D eigenvalue weighted by atomic mass is 9.92. The second-order valence-electron chi connectivity index (χ2n) is 6.00. The molecule has 1 atom stereocenters. The van der Waals surface area contributed by atoms with Gasteiger partial charge in [-0.25, -0.2) is 4.98 Å². The number of hydrogen-bond acceptors (Lipinski definition) is 6. The van der Waals surface area contributed by atoms with E-state index in [2.05, 4.69) is 30.1 Å². The molecule has 0 saturated heterocycles. The van der Waals surface area contributed by atoms with Gasteiger partial charge in [0.15, 0.2) is 11.5 Å². The van der Waals surface area contributed by atoms with Gasteiger partial charge in [-0.2, -0.15) is 5.10 Å². The summed E-state index contributed by atoms with van der Waals surface area (Å²) in [5.41, 5.74) is 2.14. The second-order valence-corrected chi connectivity index (χ2v) is 7.05. The molecule has 132 valence electrons. The van der Waals surface area contributed by atoms with Crippen molar-refractivity contribution in [3.05, 3.63) is 58.0 Å². The topological polar surface area (TPSA) is 96.5 Å². The molecule has 9 heteroatoms. The number of carbonyl (C=O) groups is 1. The van der Waals surface area contributed by atoms with Crippen LogP contribution in [0.25, 0.3) is 11.4 Å². The number of allylic oxidation sites excluding steroid dienone is 2. The normalized spacial score (nSPS) is 17.0. The Morgan fingerprint density at radius 2 is 2.31 bits per heavy atom. The average molecular weight is 387 g/mol. The molecule has 0 saturated carbocycles. The van der Waals surface area contributed by atoms with Crippen molar-refractivity contribution in [1.82, 2.24) is 30.1 Å². The van der Waals surface area contributed by atoms with E-state index >= 15 is 0 Å². The molecule has 2 N–H and O–H groups in total. The van der Waals surface area contributed by atoms with E-state index in [0.29, 0.717) is 16.5 Å². The van der Waals surface area contributed by atoms with Gasteiger partial charge in [0.25, 0.3) is 5.91 Å². The Labute approximate surface area is 158 Å². The molecule has 4 rings (SSSR count). The standard InChI is InChI=1S/C17H15ClN6OS/c18-12-3-1-2-11(8-12)16-20-15(22-23-16)10-4-6-13(7-5-10)19-17(25)14-9-26-24-21-14/h1-3,6,8-10H,4-5,7H2,(H,19,25)(H,20,22,23). The number of halogens is 1. The van der Waals surface area contributed by atoms with Crippen LogP contribution in [0.2, 0.25) is 5.02 Å². The summed E-state index contributed by atoms with van der Waals surface area (Å²) in [6.45, 7) is 0. The fourth-order valence-corrected chi connectivity index (χ4v) is 3.51. The van der Waals surface area contributed by atoms with Gasteiger partial charge in [-0.15, -0.1) is 5.10 Å². The molecular weight excluding hydrogens is 372 g/mol. The number of rotatable bonds is 4. The van der Waals surface area contributed by atoms with Crippen LogP contribution in [0.5, 0.6) is 0 Å². The average Bonchev–Trinajstić information content (AvgIpc) is 3.35. The minimum absolute atomic E-state index is 0.216. The highest BCUT2D eigenvalue weighted by atomic mass is 35.5. The van der Waals surface area contributed by atoms with Gasteiger partial charge in [0, 0.05) is 27.6 Å². The third-order valence-electron chi connectivity index (χ3n) is 4.25. The van der Waals surface area contributed by atoms with Crippen molar-refractivity contribution in [2.75, 3.05) is 0 Å². The van der Waals surface area contributed by atoms with Crippen molar-refractivity contribution in [3.63, 3.8) is 0 Å². The van der Waals surface area contributed by atoms with Crippen molar-refractivity contribution in [3.8, 4) is 11.4 Å². The molecule has 0 bridgehead atoms. The largest absolute Gasteiger partial charge is 0.325 e. The Balaban J connectivity index is 1.42. The fraction of sp³-hybridized carbons (Fsp3) is 0.235. The lowest BCUT2D eigenvalue weighted by Crippen LogP contribution is -2.25. The summed E-state index contributed by atoms with van der Waals surface area (Å²) in [4.78, 5) is 16.6. The number of benzene rings is 1. The van der Waals surface area contributed by atoms with Gasteiger partial charge in [-0.05, 0) is 42.9 Å². The van der Waals surface area contributed by atoms with Crippen LogP contribution < -0.4 is 5.32 Å². The highest BCUT2D eigenvalue weighted by molar-refractivity contribution is 7.03. The molecule has 3 aromatic rings. The minimum Gasteiger partial charge on any atom is -0.325 e. The molecule has 0 fully saturated rings. The molecule has 1 amide bonds. The number of carbonyl (C=O) groups excluding carboxylic acids is 1. The zero-order chi connectivity index (χ0) is 17.9. The maximum Gasteiger partial charge on any atom is 0.276 e. The predicted molar refractivity (Wildman–Crippen MR) is 98.9 cm³/mol.